The van der Waals surface area contributed by atoms with Crippen molar-refractivity contribution < 1.29 is 4.79 Å². The van der Waals surface area contributed by atoms with Crippen molar-refractivity contribution in [2.45, 2.75) is 46.6 Å². The van der Waals surface area contributed by atoms with Gasteiger partial charge in [0.15, 0.2) is 0 Å². The molecule has 0 saturated heterocycles. The summed E-state index contributed by atoms with van der Waals surface area (Å²) in [5.74, 6) is 1.13. The summed E-state index contributed by atoms with van der Waals surface area (Å²) in [6.45, 7) is 8.32. The third kappa shape index (κ3) is 4.54. The van der Waals surface area contributed by atoms with E-state index in [0.717, 1.165) is 24.4 Å². The second kappa shape index (κ2) is 7.12. The van der Waals surface area contributed by atoms with Crippen molar-refractivity contribution in [2.24, 2.45) is 5.92 Å². The molecular weight excluding hydrogens is 238 g/mol. The van der Waals surface area contributed by atoms with Crippen LogP contribution in [0.4, 0.5) is 5.82 Å². The van der Waals surface area contributed by atoms with Gasteiger partial charge in [-0.05, 0) is 31.4 Å². The van der Waals surface area contributed by atoms with E-state index in [4.69, 9.17) is 0 Å². The monoisotopic (exact) mass is 263 g/mol. The van der Waals surface area contributed by atoms with Crippen molar-refractivity contribution in [3.05, 3.63) is 23.4 Å². The van der Waals surface area contributed by atoms with E-state index in [1.165, 1.54) is 0 Å². The van der Waals surface area contributed by atoms with Crippen molar-refractivity contribution >= 4 is 11.7 Å². The van der Waals surface area contributed by atoms with Crippen LogP contribution in [0.2, 0.25) is 0 Å². The summed E-state index contributed by atoms with van der Waals surface area (Å²) < 4.78 is 0. The van der Waals surface area contributed by atoms with Gasteiger partial charge in [-0.2, -0.15) is 0 Å². The number of carbonyl (C=O) groups excluding carboxylic acids is 1. The fourth-order valence-corrected chi connectivity index (χ4v) is 1.69. The van der Waals surface area contributed by atoms with Gasteiger partial charge in [-0.3, -0.25) is 4.79 Å². The van der Waals surface area contributed by atoms with E-state index in [2.05, 4.69) is 36.4 Å². The highest BCUT2D eigenvalue weighted by molar-refractivity contribution is 5.95. The Bertz CT molecular complexity index is 429. The summed E-state index contributed by atoms with van der Waals surface area (Å²) in [6.07, 6.45) is 1.90. The Hall–Kier alpha value is -1.58. The summed E-state index contributed by atoms with van der Waals surface area (Å²) in [5.41, 5.74) is 1.63. The third-order valence-corrected chi connectivity index (χ3v) is 3.26. The van der Waals surface area contributed by atoms with Crippen LogP contribution in [-0.4, -0.2) is 24.0 Å². The maximum absolute atomic E-state index is 12.2. The van der Waals surface area contributed by atoms with Crippen molar-refractivity contribution in [2.75, 3.05) is 12.4 Å². The molecule has 0 aliphatic heterocycles. The lowest BCUT2D eigenvalue weighted by Gasteiger charge is -2.18. The van der Waals surface area contributed by atoms with Crippen LogP contribution in [0.3, 0.4) is 0 Å². The van der Waals surface area contributed by atoms with Crippen molar-refractivity contribution in [3.63, 3.8) is 0 Å². The maximum atomic E-state index is 12.2. The van der Waals surface area contributed by atoms with Gasteiger partial charge in [0.2, 0.25) is 0 Å². The minimum absolute atomic E-state index is 0.0301. The molecule has 0 spiro atoms. The van der Waals surface area contributed by atoms with Gasteiger partial charge in [-0.1, -0.05) is 27.2 Å². The van der Waals surface area contributed by atoms with Gasteiger partial charge in [0.05, 0.1) is 0 Å². The van der Waals surface area contributed by atoms with E-state index in [0.29, 0.717) is 11.5 Å². The molecule has 2 N–H and O–H groups in total. The van der Waals surface area contributed by atoms with E-state index in [1.54, 1.807) is 6.07 Å². The molecule has 0 radical (unpaired) electrons. The Morgan fingerprint density at radius 1 is 1.32 bits per heavy atom. The van der Waals surface area contributed by atoms with Gasteiger partial charge in [0.1, 0.15) is 5.82 Å². The quantitative estimate of drug-likeness (QED) is 0.829. The van der Waals surface area contributed by atoms with Crippen LogP contribution < -0.4 is 10.6 Å². The number of nitrogens with one attached hydrogen (secondary N) is 2. The van der Waals surface area contributed by atoms with Crippen LogP contribution in [0.25, 0.3) is 0 Å². The molecule has 4 heteroatoms. The summed E-state index contributed by atoms with van der Waals surface area (Å²) in [5, 5.41) is 6.03. The first-order chi connectivity index (χ1) is 8.97. The smallest absolute Gasteiger partial charge is 0.251 e. The molecule has 1 unspecified atom stereocenters. The van der Waals surface area contributed by atoms with Crippen LogP contribution in [0.1, 0.15) is 50.2 Å². The summed E-state index contributed by atoms with van der Waals surface area (Å²) >= 11 is 0. The van der Waals surface area contributed by atoms with Gasteiger partial charge in [-0.25, -0.2) is 4.98 Å². The summed E-state index contributed by atoms with van der Waals surface area (Å²) in [4.78, 5) is 16.7. The molecule has 0 aromatic carbocycles. The Labute approximate surface area is 116 Å². The van der Waals surface area contributed by atoms with Gasteiger partial charge in [-0.15, -0.1) is 0 Å². The zero-order chi connectivity index (χ0) is 14.4. The highest BCUT2D eigenvalue weighted by Crippen LogP contribution is 2.12. The number of amides is 1. The number of pyridine rings is 1. The molecule has 106 valence electrons. The number of rotatable bonds is 6. The standard InChI is InChI=1S/C15H25N3O/c1-6-7-13-8-12(9-14(16-5)18-13)15(19)17-11(4)10(2)3/h8-11H,6-7H2,1-5H3,(H,16,18)(H,17,19). The Morgan fingerprint density at radius 2 is 2.00 bits per heavy atom. The molecule has 1 heterocycles. The first kappa shape index (κ1) is 15.5. The van der Waals surface area contributed by atoms with E-state index in [1.807, 2.05) is 20.0 Å². The van der Waals surface area contributed by atoms with Gasteiger partial charge >= 0.3 is 0 Å². The minimum Gasteiger partial charge on any atom is -0.373 e. The number of hydrogen-bond donors (Lipinski definition) is 2. The predicted molar refractivity (Wildman–Crippen MR) is 79.5 cm³/mol. The van der Waals surface area contributed by atoms with E-state index in [9.17, 15) is 4.79 Å². The molecule has 1 atom stereocenters. The molecule has 4 nitrogen and oxygen atoms in total. The Balaban J connectivity index is 2.92. The lowest BCUT2D eigenvalue weighted by molar-refractivity contribution is 0.0930. The number of aromatic nitrogens is 1. The van der Waals surface area contributed by atoms with Gasteiger partial charge < -0.3 is 10.6 Å². The molecular formula is C15H25N3O. The van der Waals surface area contributed by atoms with Crippen LogP contribution in [0.5, 0.6) is 0 Å². The maximum Gasteiger partial charge on any atom is 0.251 e. The lowest BCUT2D eigenvalue weighted by atomic mass is 10.1. The van der Waals surface area contributed by atoms with Gasteiger partial charge in [0.25, 0.3) is 5.91 Å². The van der Waals surface area contributed by atoms with Crippen LogP contribution in [-0.2, 0) is 6.42 Å². The molecule has 1 amide bonds. The SMILES string of the molecule is CCCc1cc(C(=O)NC(C)C(C)C)cc(NC)n1. The number of carbonyl (C=O) groups is 1. The average molecular weight is 263 g/mol. The van der Waals surface area contributed by atoms with Crippen LogP contribution in [0.15, 0.2) is 12.1 Å². The Kier molecular flexibility index (Phi) is 5.80. The molecule has 1 aromatic rings. The molecule has 19 heavy (non-hydrogen) atoms. The lowest BCUT2D eigenvalue weighted by Crippen LogP contribution is -2.36. The zero-order valence-electron chi connectivity index (χ0n) is 12.6. The molecule has 0 aliphatic carbocycles. The van der Waals surface area contributed by atoms with Crippen LogP contribution in [0, 0.1) is 5.92 Å². The van der Waals surface area contributed by atoms with E-state index >= 15 is 0 Å². The fourth-order valence-electron chi connectivity index (χ4n) is 1.69. The van der Waals surface area contributed by atoms with Crippen molar-refractivity contribution in [1.82, 2.24) is 10.3 Å². The molecule has 0 saturated carbocycles. The topological polar surface area (TPSA) is 54.0 Å². The fraction of sp³-hybridized carbons (Fsp3) is 0.600. The predicted octanol–water partition coefficient (Wildman–Crippen LogP) is 2.85. The molecule has 1 aromatic heterocycles. The van der Waals surface area contributed by atoms with Crippen molar-refractivity contribution in [1.29, 1.82) is 0 Å². The van der Waals surface area contributed by atoms with E-state index in [-0.39, 0.29) is 11.9 Å². The zero-order valence-corrected chi connectivity index (χ0v) is 12.6. The largest absolute Gasteiger partial charge is 0.373 e. The van der Waals surface area contributed by atoms with Crippen LogP contribution >= 0.6 is 0 Å². The number of aryl methyl sites for hydroxylation is 1. The average Bonchev–Trinajstić information content (AvgIpc) is 2.38. The first-order valence-electron chi connectivity index (χ1n) is 6.97. The summed E-state index contributed by atoms with van der Waals surface area (Å²) in [7, 11) is 1.82. The second-order valence-electron chi connectivity index (χ2n) is 5.24. The summed E-state index contributed by atoms with van der Waals surface area (Å²) in [6, 6.07) is 3.84. The minimum atomic E-state index is -0.0301. The number of hydrogen-bond acceptors (Lipinski definition) is 3. The van der Waals surface area contributed by atoms with Gasteiger partial charge in [0, 0.05) is 24.3 Å². The number of anilines is 1. The van der Waals surface area contributed by atoms with E-state index < -0.39 is 0 Å². The highest BCUT2D eigenvalue weighted by Gasteiger charge is 2.14. The van der Waals surface area contributed by atoms with Crippen molar-refractivity contribution in [3.8, 4) is 0 Å². The molecule has 0 fully saturated rings. The third-order valence-electron chi connectivity index (χ3n) is 3.26. The number of nitrogens with zero attached hydrogens (tertiary/aromatic N) is 1. The highest BCUT2D eigenvalue weighted by atomic mass is 16.1. The second-order valence-corrected chi connectivity index (χ2v) is 5.24. The Morgan fingerprint density at radius 3 is 2.53 bits per heavy atom. The molecule has 0 bridgehead atoms. The normalized spacial score (nSPS) is 12.3. The molecule has 1 rings (SSSR count). The first-order valence-corrected chi connectivity index (χ1v) is 6.97. The molecule has 0 aliphatic rings.